The lowest BCUT2D eigenvalue weighted by atomic mass is 9.90. The van der Waals surface area contributed by atoms with Crippen LogP contribution in [0.1, 0.15) is 153 Å². The Balaban J connectivity index is 1.07. The average Bonchev–Trinajstić information content (AvgIpc) is 1.57. The minimum absolute atomic E-state index is 0.00108. The van der Waals surface area contributed by atoms with Gasteiger partial charge in [0.1, 0.15) is 72.2 Å². The van der Waals surface area contributed by atoms with Crippen molar-refractivity contribution < 1.29 is 92.0 Å². The molecule has 41 nitrogen and oxygen atoms in total. The third kappa shape index (κ3) is 26.1. The van der Waals surface area contributed by atoms with Gasteiger partial charge in [0, 0.05) is 98.2 Å². The number of unbranched alkanes of at least 4 members (excludes halogenated alkanes) is 2. The molecule has 2 saturated heterocycles. The zero-order valence-corrected chi connectivity index (χ0v) is 72.3. The van der Waals surface area contributed by atoms with E-state index >= 15 is 24.0 Å². The van der Waals surface area contributed by atoms with Crippen molar-refractivity contribution >= 4 is 128 Å². The highest BCUT2D eigenvalue weighted by atomic mass is 32.2. The number of phenols is 1. The van der Waals surface area contributed by atoms with E-state index < -0.39 is 230 Å². The molecule has 682 valence electrons. The molecule has 3 aliphatic rings. The molecular formula is C84H116N22O19S. The third-order valence-corrected chi connectivity index (χ3v) is 23.5. The Morgan fingerprint density at radius 1 is 0.611 bits per heavy atom. The van der Waals surface area contributed by atoms with Crippen LogP contribution < -0.4 is 70.4 Å². The molecule has 15 atom stereocenters. The largest absolute Gasteiger partial charge is 0.508 e. The number of likely N-dealkylation sites (N-methyl/N-ethyl adjacent to an activating group) is 1. The second-order valence-electron chi connectivity index (χ2n) is 32.6. The van der Waals surface area contributed by atoms with Gasteiger partial charge in [0.2, 0.25) is 88.6 Å². The maximum atomic E-state index is 15.5. The third-order valence-electron chi connectivity index (χ3n) is 22.5. The lowest BCUT2D eigenvalue weighted by molar-refractivity contribution is -0.144. The number of hydrogen-bond donors (Lipinski definition) is 18. The average molecular weight is 1770 g/mol. The number of nitrogens with one attached hydrogen (secondary N) is 12. The molecule has 0 unspecified atom stereocenters. The Labute approximate surface area is 730 Å². The molecule has 0 aliphatic carbocycles. The first-order valence-electron chi connectivity index (χ1n) is 42.3. The number of aromatic nitrogens is 6. The van der Waals surface area contributed by atoms with E-state index in [1.807, 2.05) is 32.0 Å². The number of fused-ring (bicyclic) bond motifs is 5. The summed E-state index contributed by atoms with van der Waals surface area (Å²) < 4.78 is 1.24. The molecule has 21 N–H and O–H groups in total. The first kappa shape index (κ1) is 97.4. The van der Waals surface area contributed by atoms with Crippen LogP contribution in [-0.2, 0) is 96.0 Å². The van der Waals surface area contributed by atoms with Gasteiger partial charge < -0.3 is 110 Å². The molecular weight excluding hydrogens is 1650 g/mol. The summed E-state index contributed by atoms with van der Waals surface area (Å²) >= 11 is 0.783. The van der Waals surface area contributed by atoms with Crippen molar-refractivity contribution in [3.63, 3.8) is 0 Å². The van der Waals surface area contributed by atoms with Crippen LogP contribution >= 0.6 is 11.8 Å². The van der Waals surface area contributed by atoms with Crippen LogP contribution in [0.25, 0.3) is 21.8 Å². The highest BCUT2D eigenvalue weighted by molar-refractivity contribution is 8.00. The van der Waals surface area contributed by atoms with E-state index in [9.17, 15) is 68.1 Å². The Hall–Kier alpha value is -12.4. The van der Waals surface area contributed by atoms with E-state index in [-0.39, 0.29) is 87.6 Å². The number of amides is 15. The van der Waals surface area contributed by atoms with Gasteiger partial charge in [-0.2, -0.15) is 0 Å². The van der Waals surface area contributed by atoms with Gasteiger partial charge >= 0.3 is 0 Å². The topological polar surface area (TPSA) is 617 Å². The molecule has 9 rings (SSSR count). The van der Waals surface area contributed by atoms with Gasteiger partial charge in [-0.05, 0) is 110 Å². The molecule has 0 radical (unpaired) electrons. The van der Waals surface area contributed by atoms with Crippen molar-refractivity contribution in [2.45, 2.75) is 223 Å². The van der Waals surface area contributed by atoms with E-state index in [2.05, 4.69) is 78.7 Å². The number of hydrogen-bond acceptors (Lipinski definition) is 24. The minimum Gasteiger partial charge on any atom is -0.508 e. The second-order valence-corrected chi connectivity index (χ2v) is 33.6. The van der Waals surface area contributed by atoms with Crippen LogP contribution in [-0.4, -0.2) is 278 Å². The maximum absolute atomic E-state index is 15.5. The molecule has 2 fully saturated rings. The summed E-state index contributed by atoms with van der Waals surface area (Å²) in [6.07, 6.45) is 1.93. The summed E-state index contributed by atoms with van der Waals surface area (Å²) in [5.74, 6) is -17.3. The molecule has 0 bridgehead atoms. The van der Waals surface area contributed by atoms with Gasteiger partial charge in [0.15, 0.2) is 11.6 Å². The number of nitrogens with two attached hydrogens (primary N) is 3. The summed E-state index contributed by atoms with van der Waals surface area (Å²) in [7, 11) is 1.39. The molecule has 3 aromatic carbocycles. The molecule has 42 heteroatoms. The molecule has 126 heavy (non-hydrogen) atoms. The molecule has 3 aliphatic heterocycles. The lowest BCUT2D eigenvalue weighted by Crippen LogP contribution is -2.61. The monoisotopic (exact) mass is 1770 g/mol. The fourth-order valence-corrected chi connectivity index (χ4v) is 16.6. The predicted molar refractivity (Wildman–Crippen MR) is 459 cm³/mol. The van der Waals surface area contributed by atoms with Gasteiger partial charge in [-0.3, -0.25) is 76.7 Å². The predicted octanol–water partition coefficient (Wildman–Crippen LogP) is -2.36. The van der Waals surface area contributed by atoms with Crippen molar-refractivity contribution in [1.82, 2.24) is 98.0 Å². The van der Waals surface area contributed by atoms with Crippen LogP contribution in [0.5, 0.6) is 5.75 Å². The first-order valence-corrected chi connectivity index (χ1v) is 43.5. The standard InChI is InChI=1S/C84H116N22O19S/c1-8-10-21-64-80(121)92-46(6)74(115)99-63(76(117)90-39-70(87)112)42-126-43-71(113)93-58(30-47-24-26-51(108)27-25-47)77(118)91-45(5)73(114)95-60(35-69(86)111)82(123)104-28-16-23-65(104)81(122)97-61(36-85)78(119)96-59(29-44(3)4)83(124)105-40-52(109)34-67(105)68(110)33-48(31-49-37-88-55-19-14-12-17-53(49)55)75(116)98-62(41-107)79(120)94-57(32-50-38-89-56-20-15-13-18-54(50)56)72-100-101-102-106(72)66(22-11-9-2)84(125)103(64)7/h12-15,17-20,24-27,37-38,44-46,48,52,57-67,88-89,107-109H,8-11,16,21-23,28-36,39-43,85H2,1-7H3,(H2,86,111)(H2,87,112)(H,90,117)(H,91,118)(H,92,121)(H,93,113)(H,94,120)(H,95,114)(H,96,119)(H,97,122)(H,98,116)(H,99,115)/t45-,46-,48+,52+,57-,58-,59-,60-,61-,62-,63-,64-,65-,66-,67-/m0/s1. The van der Waals surface area contributed by atoms with E-state index in [1.54, 1.807) is 56.6 Å². The number of carbonyl (C=O) groups is 16. The number of benzene rings is 3. The fourth-order valence-electron chi connectivity index (χ4n) is 15.7. The molecule has 3 aromatic heterocycles. The number of rotatable bonds is 21. The van der Waals surface area contributed by atoms with Crippen LogP contribution in [0, 0.1) is 11.8 Å². The Kier molecular flexibility index (Phi) is 35.5. The number of primary amides is 2. The van der Waals surface area contributed by atoms with E-state index in [0.717, 1.165) is 26.9 Å². The number of tetrazole rings is 1. The number of para-hydroxylation sites is 2. The number of H-pyrrole nitrogens is 2. The lowest BCUT2D eigenvalue weighted by Gasteiger charge is -2.32. The zero-order chi connectivity index (χ0) is 91.8. The van der Waals surface area contributed by atoms with Gasteiger partial charge in [-0.1, -0.05) is 102 Å². The highest BCUT2D eigenvalue weighted by Gasteiger charge is 2.46. The van der Waals surface area contributed by atoms with E-state index in [0.29, 0.717) is 58.8 Å². The SMILES string of the molecule is CCCC[C@H]1C(=O)N[C@@H](C)C(=O)N[C@H](C(=O)NCC(N)=O)CSCC(=O)N[C@@H](Cc2ccc(O)cc2)C(=O)N[C@@H](C)C(=O)N[C@@H](CC(N)=O)C(=O)N2CCC[C@H]2C(=O)N[C@@H](CN)C(=O)N[C@@H](CC(C)C)C(=O)N2C[C@H](O)C[C@H]2C(=O)C[C@@H](Cc2c[nH]c3ccccc23)C(=O)N[C@@H](CO)C(=O)N[C@@H](Cc2c[nH]c3ccccc23)c2nnnn2[C@@H](CCCC)C(=O)N1C. The van der Waals surface area contributed by atoms with Crippen molar-refractivity contribution in [2.75, 3.05) is 51.3 Å². The smallest absolute Gasteiger partial charge is 0.248 e. The zero-order valence-electron chi connectivity index (χ0n) is 71.5. The molecule has 6 aromatic rings. The summed E-state index contributed by atoms with van der Waals surface area (Å²) in [4.78, 5) is 240. The van der Waals surface area contributed by atoms with Crippen LogP contribution in [0.2, 0.25) is 0 Å². The Bertz CT molecular complexity index is 4900. The number of phenolic OH excluding ortho intramolecular Hbond substituents is 1. The minimum atomic E-state index is -1.77. The van der Waals surface area contributed by atoms with Gasteiger partial charge in [-0.15, -0.1) is 16.9 Å². The molecule has 6 heterocycles. The van der Waals surface area contributed by atoms with Crippen molar-refractivity contribution in [3.8, 4) is 5.75 Å². The highest BCUT2D eigenvalue weighted by Crippen LogP contribution is 2.32. The molecule has 0 spiro atoms. The van der Waals surface area contributed by atoms with Gasteiger partial charge in [0.05, 0.1) is 43.5 Å². The summed E-state index contributed by atoms with van der Waals surface area (Å²) in [6, 6.07) is 0.770. The molecule has 15 amide bonds. The number of carbonyl (C=O) groups excluding carboxylic acids is 16. The van der Waals surface area contributed by atoms with Gasteiger partial charge in [0.25, 0.3) is 0 Å². The quantitative estimate of drug-likeness (QED) is 0.0358. The fraction of sp³-hybridized carbons (Fsp3) is 0.536. The Morgan fingerprint density at radius 3 is 1.80 bits per heavy atom. The van der Waals surface area contributed by atoms with Crippen LogP contribution in [0.3, 0.4) is 0 Å². The number of Topliss-reactive ketones (excluding diaryl/α,β-unsaturated/α-hetero) is 1. The van der Waals surface area contributed by atoms with Gasteiger partial charge in [-0.25, -0.2) is 4.68 Å². The molecule has 0 saturated carbocycles. The maximum Gasteiger partial charge on any atom is 0.248 e. The van der Waals surface area contributed by atoms with Crippen molar-refractivity contribution in [3.05, 3.63) is 108 Å². The number of thioether (sulfide) groups is 1. The Morgan fingerprint density at radius 2 is 1.18 bits per heavy atom. The number of nitrogens with zero attached hydrogens (tertiary/aromatic N) is 7. The van der Waals surface area contributed by atoms with Crippen molar-refractivity contribution in [2.24, 2.45) is 29.0 Å². The number of aliphatic hydroxyl groups is 2. The number of ketones is 1. The number of aromatic amines is 2. The first-order chi connectivity index (χ1) is 60.1. The van der Waals surface area contributed by atoms with Crippen LogP contribution in [0.15, 0.2) is 85.2 Å². The van der Waals surface area contributed by atoms with Crippen LogP contribution in [0.4, 0.5) is 0 Å². The summed E-state index contributed by atoms with van der Waals surface area (Å²) in [5.41, 5.74) is 20.2. The van der Waals surface area contributed by atoms with E-state index in [1.165, 1.54) is 54.7 Å². The summed E-state index contributed by atoms with van der Waals surface area (Å²) in [5, 5.41) is 72.9. The normalized spacial score (nSPS) is 25.5. The second kappa shape index (κ2) is 46.0. The number of aromatic hydroxyl groups is 1. The van der Waals surface area contributed by atoms with Crippen molar-refractivity contribution in [1.29, 1.82) is 0 Å². The number of aliphatic hydroxyl groups excluding tert-OH is 2. The van der Waals surface area contributed by atoms with E-state index in [4.69, 9.17) is 17.2 Å². The summed E-state index contributed by atoms with van der Waals surface area (Å²) in [6.45, 7) is 7.00.